The van der Waals surface area contributed by atoms with E-state index < -0.39 is 36.6 Å². The van der Waals surface area contributed by atoms with Crippen LogP contribution in [0.15, 0.2) is 47.8 Å². The number of esters is 1. The van der Waals surface area contributed by atoms with Crippen molar-refractivity contribution < 1.29 is 23.9 Å². The van der Waals surface area contributed by atoms with Gasteiger partial charge in [0.1, 0.15) is 12.1 Å². The number of urea groups is 1. The average molecular weight is 429 g/mol. The van der Waals surface area contributed by atoms with Crippen molar-refractivity contribution in [3.8, 4) is 0 Å². The maximum absolute atomic E-state index is 13.0. The summed E-state index contributed by atoms with van der Waals surface area (Å²) in [6.07, 6.45) is 0.332. The van der Waals surface area contributed by atoms with Gasteiger partial charge >= 0.3 is 12.0 Å². The molecule has 158 valence electrons. The third-order valence-corrected chi connectivity index (χ3v) is 5.88. The van der Waals surface area contributed by atoms with Crippen LogP contribution in [0.4, 0.5) is 4.79 Å². The first-order valence-corrected chi connectivity index (χ1v) is 10.4. The number of thiophene rings is 1. The Bertz CT molecular complexity index is 931. The third kappa shape index (κ3) is 4.35. The molecule has 0 bridgehead atoms. The fraction of sp³-hybridized carbons (Fsp3) is 0.333. The number of nitrogens with one attached hydrogen (secondary N) is 1. The van der Waals surface area contributed by atoms with Crippen LogP contribution in [0, 0.1) is 0 Å². The van der Waals surface area contributed by atoms with Gasteiger partial charge in [0, 0.05) is 11.9 Å². The summed E-state index contributed by atoms with van der Waals surface area (Å²) in [5, 5.41) is 4.62. The molecule has 3 rings (SSSR count). The SMILES string of the molecule is CCC1(c2ccccc2)NC(=O)N(CC(=O)OCC(=O)N(C)Cc2cccs2)C1=O. The minimum Gasteiger partial charge on any atom is -0.454 e. The van der Waals surface area contributed by atoms with Gasteiger partial charge in [0.25, 0.3) is 11.8 Å². The fourth-order valence-electron chi connectivity index (χ4n) is 3.28. The van der Waals surface area contributed by atoms with E-state index >= 15 is 0 Å². The number of carbonyl (C=O) groups excluding carboxylic acids is 4. The van der Waals surface area contributed by atoms with E-state index in [1.54, 1.807) is 38.2 Å². The lowest BCUT2D eigenvalue weighted by Crippen LogP contribution is -2.44. The predicted octanol–water partition coefficient (Wildman–Crippen LogP) is 2.11. The average Bonchev–Trinajstić information content (AvgIpc) is 3.34. The Morgan fingerprint density at radius 2 is 1.90 bits per heavy atom. The monoisotopic (exact) mass is 429 g/mol. The van der Waals surface area contributed by atoms with Crippen molar-refractivity contribution in [3.63, 3.8) is 0 Å². The number of amides is 4. The van der Waals surface area contributed by atoms with E-state index in [0.29, 0.717) is 18.5 Å². The lowest BCUT2D eigenvalue weighted by atomic mass is 9.87. The lowest BCUT2D eigenvalue weighted by Gasteiger charge is -2.25. The lowest BCUT2D eigenvalue weighted by molar-refractivity contribution is -0.153. The number of rotatable bonds is 8. The summed E-state index contributed by atoms with van der Waals surface area (Å²) in [5.74, 6) is -1.71. The Kier molecular flexibility index (Phi) is 6.51. The van der Waals surface area contributed by atoms with E-state index in [1.165, 1.54) is 16.2 Å². The number of ether oxygens (including phenoxy) is 1. The Hall–Kier alpha value is -3.20. The topological polar surface area (TPSA) is 96.0 Å². The molecular weight excluding hydrogens is 406 g/mol. The number of hydrogen-bond acceptors (Lipinski definition) is 6. The van der Waals surface area contributed by atoms with Gasteiger partial charge in [-0.15, -0.1) is 11.3 Å². The van der Waals surface area contributed by atoms with Crippen LogP contribution in [0.1, 0.15) is 23.8 Å². The Morgan fingerprint density at radius 3 is 2.53 bits per heavy atom. The Balaban J connectivity index is 1.58. The molecule has 1 N–H and O–H groups in total. The zero-order valence-electron chi connectivity index (χ0n) is 16.8. The summed E-state index contributed by atoms with van der Waals surface area (Å²) in [5.41, 5.74) is -0.567. The number of hydrogen-bond donors (Lipinski definition) is 1. The first kappa shape index (κ1) is 21.5. The van der Waals surface area contributed by atoms with Crippen LogP contribution >= 0.6 is 11.3 Å². The molecule has 2 heterocycles. The highest BCUT2D eigenvalue weighted by Gasteiger charge is 2.51. The molecular formula is C21H23N3O5S. The third-order valence-electron chi connectivity index (χ3n) is 5.02. The van der Waals surface area contributed by atoms with Crippen LogP contribution in [0.5, 0.6) is 0 Å². The molecule has 1 aliphatic rings. The zero-order valence-corrected chi connectivity index (χ0v) is 17.6. The summed E-state index contributed by atoms with van der Waals surface area (Å²) >= 11 is 1.52. The summed E-state index contributed by atoms with van der Waals surface area (Å²) in [4.78, 5) is 53.1. The molecule has 30 heavy (non-hydrogen) atoms. The molecule has 4 amide bonds. The molecule has 1 unspecified atom stereocenters. The molecule has 0 saturated carbocycles. The molecule has 0 aliphatic carbocycles. The van der Waals surface area contributed by atoms with Crippen molar-refractivity contribution in [2.75, 3.05) is 20.2 Å². The van der Waals surface area contributed by atoms with Gasteiger partial charge in [0.2, 0.25) is 0 Å². The molecule has 0 spiro atoms. The Morgan fingerprint density at radius 1 is 1.17 bits per heavy atom. The summed E-state index contributed by atoms with van der Waals surface area (Å²) in [6, 6.07) is 12.0. The van der Waals surface area contributed by atoms with Crippen LogP contribution in [0.3, 0.4) is 0 Å². The minimum atomic E-state index is -1.21. The van der Waals surface area contributed by atoms with E-state index in [0.717, 1.165) is 9.78 Å². The number of imide groups is 1. The van der Waals surface area contributed by atoms with Crippen molar-refractivity contribution in [2.45, 2.75) is 25.4 Å². The van der Waals surface area contributed by atoms with E-state index in [-0.39, 0.29) is 5.91 Å². The van der Waals surface area contributed by atoms with E-state index in [2.05, 4.69) is 5.32 Å². The van der Waals surface area contributed by atoms with Gasteiger partial charge in [-0.2, -0.15) is 0 Å². The molecule has 0 radical (unpaired) electrons. The summed E-state index contributed by atoms with van der Waals surface area (Å²) in [6.45, 7) is 1.19. The zero-order chi connectivity index (χ0) is 21.7. The van der Waals surface area contributed by atoms with E-state index in [4.69, 9.17) is 4.74 Å². The molecule has 1 aliphatic heterocycles. The number of likely N-dealkylation sites (N-methyl/N-ethyl adjacent to an activating group) is 1. The second-order valence-electron chi connectivity index (χ2n) is 6.94. The number of carbonyl (C=O) groups is 4. The quantitative estimate of drug-likeness (QED) is 0.512. The van der Waals surface area contributed by atoms with Crippen LogP contribution in [-0.2, 0) is 31.2 Å². The van der Waals surface area contributed by atoms with Crippen LogP contribution < -0.4 is 5.32 Å². The molecule has 2 aromatic rings. The van der Waals surface area contributed by atoms with Crippen molar-refractivity contribution in [3.05, 3.63) is 58.3 Å². The van der Waals surface area contributed by atoms with E-state index in [9.17, 15) is 19.2 Å². The number of nitrogens with zero attached hydrogens (tertiary/aromatic N) is 2. The maximum atomic E-state index is 13.0. The molecule has 1 fully saturated rings. The highest BCUT2D eigenvalue weighted by molar-refractivity contribution is 7.09. The Labute approximate surface area is 178 Å². The highest BCUT2D eigenvalue weighted by Crippen LogP contribution is 2.32. The largest absolute Gasteiger partial charge is 0.454 e. The molecule has 8 nitrogen and oxygen atoms in total. The smallest absolute Gasteiger partial charge is 0.326 e. The first-order valence-electron chi connectivity index (χ1n) is 9.49. The van der Waals surface area contributed by atoms with Gasteiger partial charge in [-0.25, -0.2) is 4.79 Å². The number of benzene rings is 1. The molecule has 9 heteroatoms. The standard InChI is InChI=1S/C21H23N3O5S/c1-3-21(15-8-5-4-6-9-15)19(27)24(20(28)22-21)13-18(26)29-14-17(25)23(2)12-16-10-7-11-30-16/h4-11H,3,12-14H2,1-2H3,(H,22,28). The highest BCUT2D eigenvalue weighted by atomic mass is 32.1. The van der Waals surface area contributed by atoms with Crippen LogP contribution in [0.2, 0.25) is 0 Å². The van der Waals surface area contributed by atoms with Gasteiger partial charge in [-0.1, -0.05) is 43.3 Å². The van der Waals surface area contributed by atoms with Crippen molar-refractivity contribution in [1.29, 1.82) is 0 Å². The van der Waals surface area contributed by atoms with Gasteiger partial charge in [-0.3, -0.25) is 19.3 Å². The predicted molar refractivity (Wildman–Crippen MR) is 110 cm³/mol. The molecule has 1 aromatic carbocycles. The minimum absolute atomic E-state index is 0.332. The van der Waals surface area contributed by atoms with Crippen molar-refractivity contribution in [2.24, 2.45) is 0 Å². The van der Waals surface area contributed by atoms with Gasteiger partial charge < -0.3 is 15.0 Å². The summed E-state index contributed by atoms with van der Waals surface area (Å²) in [7, 11) is 1.61. The van der Waals surface area contributed by atoms with E-state index in [1.807, 2.05) is 23.6 Å². The van der Waals surface area contributed by atoms with Gasteiger partial charge in [-0.05, 0) is 23.4 Å². The maximum Gasteiger partial charge on any atom is 0.326 e. The fourth-order valence-corrected chi connectivity index (χ4v) is 4.04. The van der Waals surface area contributed by atoms with Crippen molar-refractivity contribution >= 4 is 35.2 Å². The normalized spacial score (nSPS) is 18.3. The molecule has 1 saturated heterocycles. The van der Waals surface area contributed by atoms with Gasteiger partial charge in [0.15, 0.2) is 6.61 Å². The second-order valence-corrected chi connectivity index (χ2v) is 7.97. The van der Waals surface area contributed by atoms with Crippen LogP contribution in [0.25, 0.3) is 0 Å². The molecule has 1 atom stereocenters. The second kappa shape index (κ2) is 9.08. The van der Waals surface area contributed by atoms with Gasteiger partial charge in [0.05, 0.1) is 6.54 Å². The molecule has 1 aromatic heterocycles. The van der Waals surface area contributed by atoms with Crippen LogP contribution in [-0.4, -0.2) is 53.8 Å². The summed E-state index contributed by atoms with van der Waals surface area (Å²) < 4.78 is 5.01. The van der Waals surface area contributed by atoms with Crippen molar-refractivity contribution in [1.82, 2.24) is 15.1 Å². The first-order chi connectivity index (χ1) is 14.4.